The van der Waals surface area contributed by atoms with E-state index in [0.717, 1.165) is 11.4 Å². The molecular weight excluding hydrogens is 234 g/mol. The number of aromatic nitrogens is 1. The minimum absolute atomic E-state index is 0.579. The monoisotopic (exact) mass is 243 g/mol. The lowest BCUT2D eigenvalue weighted by Crippen LogP contribution is -2.01. The van der Waals surface area contributed by atoms with Crippen molar-refractivity contribution in [1.82, 2.24) is 4.98 Å². The van der Waals surface area contributed by atoms with Gasteiger partial charge in [-0.15, -0.1) is 0 Å². The van der Waals surface area contributed by atoms with Gasteiger partial charge in [-0.3, -0.25) is 4.98 Å². The van der Waals surface area contributed by atoms with Crippen LogP contribution in [0.4, 0.5) is 5.69 Å². The van der Waals surface area contributed by atoms with Crippen molar-refractivity contribution in [2.24, 2.45) is 0 Å². The first kappa shape index (κ1) is 11.4. The average molecular weight is 244 g/mol. The molecular formula is C13H10ClN3. The second kappa shape index (κ2) is 5.33. The Morgan fingerprint density at radius 2 is 2.18 bits per heavy atom. The van der Waals surface area contributed by atoms with Gasteiger partial charge in [0.1, 0.15) is 0 Å². The van der Waals surface area contributed by atoms with Gasteiger partial charge in [-0.25, -0.2) is 0 Å². The van der Waals surface area contributed by atoms with E-state index in [1.807, 2.05) is 18.2 Å². The molecule has 0 saturated carbocycles. The first-order valence-electron chi connectivity index (χ1n) is 5.13. The van der Waals surface area contributed by atoms with E-state index in [1.54, 1.807) is 24.4 Å². The highest BCUT2D eigenvalue weighted by Crippen LogP contribution is 2.23. The van der Waals surface area contributed by atoms with E-state index >= 15 is 0 Å². The van der Waals surface area contributed by atoms with Gasteiger partial charge in [0.25, 0.3) is 0 Å². The maximum absolute atomic E-state index is 8.80. The van der Waals surface area contributed by atoms with Crippen molar-refractivity contribution >= 4 is 17.3 Å². The number of nitrogens with zero attached hydrogens (tertiary/aromatic N) is 2. The molecule has 1 aromatic carbocycles. The molecule has 0 aliphatic heterocycles. The molecule has 84 valence electrons. The van der Waals surface area contributed by atoms with Gasteiger partial charge in [-0.05, 0) is 30.3 Å². The molecule has 0 saturated heterocycles. The molecule has 0 unspecified atom stereocenters. The number of hydrogen-bond donors (Lipinski definition) is 1. The molecule has 1 aromatic heterocycles. The zero-order valence-corrected chi connectivity index (χ0v) is 9.78. The molecule has 0 amide bonds. The first-order valence-corrected chi connectivity index (χ1v) is 5.51. The lowest BCUT2D eigenvalue weighted by atomic mass is 10.2. The molecule has 0 fully saturated rings. The smallest absolute Gasteiger partial charge is 0.0992 e. The largest absolute Gasteiger partial charge is 0.378 e. The molecule has 0 aliphatic rings. The van der Waals surface area contributed by atoms with Crippen LogP contribution in [0.1, 0.15) is 11.3 Å². The third-order valence-electron chi connectivity index (χ3n) is 2.28. The molecule has 3 nitrogen and oxygen atoms in total. The SMILES string of the molecule is N#Cc1ccc(Cl)c(NCc2ccccn2)c1. The summed E-state index contributed by atoms with van der Waals surface area (Å²) in [4.78, 5) is 4.20. The van der Waals surface area contributed by atoms with E-state index < -0.39 is 0 Å². The Morgan fingerprint density at radius 1 is 1.29 bits per heavy atom. The Labute approximate surface area is 105 Å². The van der Waals surface area contributed by atoms with Gasteiger partial charge < -0.3 is 5.32 Å². The number of benzene rings is 1. The molecule has 4 heteroatoms. The number of rotatable bonds is 3. The van der Waals surface area contributed by atoms with E-state index in [1.165, 1.54) is 0 Å². The van der Waals surface area contributed by atoms with Crippen LogP contribution >= 0.6 is 11.6 Å². The summed E-state index contributed by atoms with van der Waals surface area (Å²) in [5.74, 6) is 0. The summed E-state index contributed by atoms with van der Waals surface area (Å²) in [6.07, 6.45) is 1.74. The van der Waals surface area contributed by atoms with Crippen molar-refractivity contribution in [1.29, 1.82) is 5.26 Å². The molecule has 17 heavy (non-hydrogen) atoms. The van der Waals surface area contributed by atoms with Crippen molar-refractivity contribution in [2.75, 3.05) is 5.32 Å². The van der Waals surface area contributed by atoms with E-state index in [9.17, 15) is 0 Å². The second-order valence-corrected chi connectivity index (χ2v) is 3.89. The van der Waals surface area contributed by atoms with Gasteiger partial charge in [0.05, 0.1) is 34.6 Å². The quantitative estimate of drug-likeness (QED) is 0.901. The van der Waals surface area contributed by atoms with Gasteiger partial charge >= 0.3 is 0 Å². The normalized spacial score (nSPS) is 9.65. The van der Waals surface area contributed by atoms with Crippen LogP contribution in [0, 0.1) is 11.3 Å². The number of nitrogens with one attached hydrogen (secondary N) is 1. The summed E-state index contributed by atoms with van der Waals surface area (Å²) in [6.45, 7) is 0.579. The van der Waals surface area contributed by atoms with E-state index in [0.29, 0.717) is 17.1 Å². The summed E-state index contributed by atoms with van der Waals surface area (Å²) in [7, 11) is 0. The van der Waals surface area contributed by atoms with Crippen molar-refractivity contribution in [2.45, 2.75) is 6.54 Å². The predicted octanol–water partition coefficient (Wildman–Crippen LogP) is 3.22. The fraction of sp³-hybridized carbons (Fsp3) is 0.0769. The Bertz CT molecular complexity index is 546. The predicted molar refractivity (Wildman–Crippen MR) is 67.7 cm³/mol. The van der Waals surface area contributed by atoms with E-state index in [4.69, 9.17) is 16.9 Å². The molecule has 0 bridgehead atoms. The minimum Gasteiger partial charge on any atom is -0.378 e. The molecule has 0 radical (unpaired) electrons. The zero-order valence-electron chi connectivity index (χ0n) is 9.02. The highest BCUT2D eigenvalue weighted by atomic mass is 35.5. The molecule has 1 heterocycles. The Kier molecular flexibility index (Phi) is 3.59. The summed E-state index contributed by atoms with van der Waals surface area (Å²) in [6, 6.07) is 12.9. The van der Waals surface area contributed by atoms with Crippen molar-refractivity contribution in [3.63, 3.8) is 0 Å². The maximum atomic E-state index is 8.80. The fourth-order valence-corrected chi connectivity index (χ4v) is 1.60. The van der Waals surface area contributed by atoms with Gasteiger partial charge in [0.15, 0.2) is 0 Å². The lowest BCUT2D eigenvalue weighted by molar-refractivity contribution is 1.05. The Balaban J connectivity index is 2.12. The Hall–Kier alpha value is -2.05. The first-order chi connectivity index (χ1) is 8.29. The summed E-state index contributed by atoms with van der Waals surface area (Å²) >= 11 is 6.03. The van der Waals surface area contributed by atoms with Gasteiger partial charge in [-0.1, -0.05) is 17.7 Å². The van der Waals surface area contributed by atoms with Crippen LogP contribution in [0.25, 0.3) is 0 Å². The van der Waals surface area contributed by atoms with Crippen molar-refractivity contribution in [3.8, 4) is 6.07 Å². The van der Waals surface area contributed by atoms with Gasteiger partial charge in [-0.2, -0.15) is 5.26 Å². The average Bonchev–Trinajstić information content (AvgIpc) is 2.39. The topological polar surface area (TPSA) is 48.7 Å². The highest BCUT2D eigenvalue weighted by molar-refractivity contribution is 6.33. The molecule has 1 N–H and O–H groups in total. The second-order valence-electron chi connectivity index (χ2n) is 3.48. The summed E-state index contributed by atoms with van der Waals surface area (Å²) < 4.78 is 0. The van der Waals surface area contributed by atoms with Crippen LogP contribution in [0.5, 0.6) is 0 Å². The molecule has 0 aliphatic carbocycles. The number of halogens is 1. The number of anilines is 1. The molecule has 0 atom stereocenters. The van der Waals surface area contributed by atoms with E-state index in [-0.39, 0.29) is 0 Å². The summed E-state index contributed by atoms with van der Waals surface area (Å²) in [5, 5.41) is 12.6. The van der Waals surface area contributed by atoms with Crippen molar-refractivity contribution in [3.05, 3.63) is 58.9 Å². The number of hydrogen-bond acceptors (Lipinski definition) is 3. The van der Waals surface area contributed by atoms with Gasteiger partial charge in [0, 0.05) is 6.20 Å². The standard InChI is InChI=1S/C13H10ClN3/c14-12-5-4-10(8-15)7-13(12)17-9-11-3-1-2-6-16-11/h1-7,17H,9H2. The third kappa shape index (κ3) is 2.96. The summed E-state index contributed by atoms with van der Waals surface area (Å²) in [5.41, 5.74) is 2.25. The maximum Gasteiger partial charge on any atom is 0.0992 e. The van der Waals surface area contributed by atoms with Crippen LogP contribution in [0.3, 0.4) is 0 Å². The minimum atomic E-state index is 0.579. The lowest BCUT2D eigenvalue weighted by Gasteiger charge is -2.08. The fourth-order valence-electron chi connectivity index (χ4n) is 1.42. The molecule has 2 rings (SSSR count). The molecule has 0 spiro atoms. The number of pyridine rings is 1. The Morgan fingerprint density at radius 3 is 2.88 bits per heavy atom. The highest BCUT2D eigenvalue weighted by Gasteiger charge is 2.01. The van der Waals surface area contributed by atoms with Gasteiger partial charge in [0.2, 0.25) is 0 Å². The van der Waals surface area contributed by atoms with E-state index in [2.05, 4.69) is 16.4 Å². The van der Waals surface area contributed by atoms with Crippen molar-refractivity contribution < 1.29 is 0 Å². The van der Waals surface area contributed by atoms with Crippen LogP contribution in [-0.4, -0.2) is 4.98 Å². The molecule has 2 aromatic rings. The van der Waals surface area contributed by atoms with Crippen LogP contribution in [0.2, 0.25) is 5.02 Å². The van der Waals surface area contributed by atoms with Crippen LogP contribution in [-0.2, 0) is 6.54 Å². The van der Waals surface area contributed by atoms with Crippen LogP contribution in [0.15, 0.2) is 42.6 Å². The third-order valence-corrected chi connectivity index (χ3v) is 2.61. The van der Waals surface area contributed by atoms with Crippen LogP contribution < -0.4 is 5.32 Å². The number of nitriles is 1. The zero-order chi connectivity index (χ0) is 12.1.